The SMILES string of the molecule is CCOC(=O)[C@@H]1OS(=O)O[C@H]1c1ccc2c(c1)OCO2. The lowest BCUT2D eigenvalue weighted by Gasteiger charge is -2.14. The Balaban J connectivity index is 1.87. The number of hydrogen-bond donors (Lipinski definition) is 0. The van der Waals surface area contributed by atoms with Gasteiger partial charge in [-0.2, -0.15) is 4.21 Å². The molecular weight excluding hydrogens is 288 g/mol. The van der Waals surface area contributed by atoms with Gasteiger partial charge in [0, 0.05) is 0 Å². The van der Waals surface area contributed by atoms with Crippen molar-refractivity contribution in [1.82, 2.24) is 0 Å². The molecule has 0 N–H and O–H groups in total. The fraction of sp³-hybridized carbons (Fsp3) is 0.417. The number of rotatable bonds is 3. The van der Waals surface area contributed by atoms with Crippen LogP contribution in [-0.2, 0) is 29.3 Å². The van der Waals surface area contributed by atoms with Crippen LogP contribution in [-0.4, -0.2) is 29.7 Å². The first-order valence-corrected chi connectivity index (χ1v) is 7.01. The minimum Gasteiger partial charge on any atom is -0.464 e. The molecule has 1 unspecified atom stereocenters. The standard InChI is InChI=1S/C12H12O7S/c1-2-15-12(13)11-10(18-20(14)19-11)7-3-4-8-9(5-7)17-6-16-8/h3-5,10-11H,2,6H2,1H3/t10-,11+,20?/m0/s1. The van der Waals surface area contributed by atoms with Crippen LogP contribution in [0.4, 0.5) is 0 Å². The molecule has 0 saturated carbocycles. The van der Waals surface area contributed by atoms with E-state index in [4.69, 9.17) is 22.6 Å². The highest BCUT2D eigenvalue weighted by Crippen LogP contribution is 2.39. The van der Waals surface area contributed by atoms with E-state index in [2.05, 4.69) is 0 Å². The second-order valence-electron chi connectivity index (χ2n) is 4.10. The third-order valence-corrected chi connectivity index (χ3v) is 3.61. The van der Waals surface area contributed by atoms with Crippen LogP contribution in [0.1, 0.15) is 18.6 Å². The van der Waals surface area contributed by atoms with Crippen molar-refractivity contribution < 1.29 is 31.6 Å². The van der Waals surface area contributed by atoms with Gasteiger partial charge in [-0.15, -0.1) is 0 Å². The molecule has 0 aromatic heterocycles. The summed E-state index contributed by atoms with van der Waals surface area (Å²) in [4.78, 5) is 11.8. The maximum absolute atomic E-state index is 11.8. The monoisotopic (exact) mass is 300 g/mol. The minimum absolute atomic E-state index is 0.147. The van der Waals surface area contributed by atoms with E-state index in [1.54, 1.807) is 25.1 Å². The second-order valence-corrected chi connectivity index (χ2v) is 4.90. The Kier molecular flexibility index (Phi) is 3.60. The summed E-state index contributed by atoms with van der Waals surface area (Å²) in [5.41, 5.74) is 0.609. The molecule has 1 aromatic rings. The van der Waals surface area contributed by atoms with Gasteiger partial charge in [0.2, 0.25) is 12.9 Å². The maximum atomic E-state index is 11.8. The molecule has 0 bridgehead atoms. The second kappa shape index (κ2) is 5.39. The quantitative estimate of drug-likeness (QED) is 0.771. The Labute approximate surface area is 117 Å². The predicted octanol–water partition coefficient (Wildman–Crippen LogP) is 1.01. The molecule has 0 radical (unpaired) electrons. The van der Waals surface area contributed by atoms with Gasteiger partial charge < -0.3 is 14.2 Å². The highest BCUT2D eigenvalue weighted by atomic mass is 32.2. The van der Waals surface area contributed by atoms with Gasteiger partial charge in [0.15, 0.2) is 11.5 Å². The maximum Gasteiger partial charge on any atom is 0.339 e. The van der Waals surface area contributed by atoms with Crippen molar-refractivity contribution >= 4 is 17.3 Å². The van der Waals surface area contributed by atoms with E-state index in [-0.39, 0.29) is 13.4 Å². The molecule has 20 heavy (non-hydrogen) atoms. The van der Waals surface area contributed by atoms with Gasteiger partial charge in [-0.1, -0.05) is 6.07 Å². The number of benzene rings is 1. The van der Waals surface area contributed by atoms with E-state index in [1.165, 1.54) is 0 Å². The van der Waals surface area contributed by atoms with Crippen molar-refractivity contribution in [3.63, 3.8) is 0 Å². The number of ether oxygens (including phenoxy) is 3. The first-order chi connectivity index (χ1) is 9.69. The van der Waals surface area contributed by atoms with Gasteiger partial charge in [0.25, 0.3) is 0 Å². The third-order valence-electron chi connectivity index (χ3n) is 2.88. The molecule has 0 amide bonds. The lowest BCUT2D eigenvalue weighted by atomic mass is 10.0. The van der Waals surface area contributed by atoms with Crippen LogP contribution in [0, 0.1) is 0 Å². The Morgan fingerprint density at radius 1 is 1.35 bits per heavy atom. The average molecular weight is 300 g/mol. The third kappa shape index (κ3) is 2.37. The Hall–Kier alpha value is -1.64. The van der Waals surface area contributed by atoms with Crippen molar-refractivity contribution in [2.75, 3.05) is 13.4 Å². The van der Waals surface area contributed by atoms with Crippen LogP contribution in [0.5, 0.6) is 11.5 Å². The largest absolute Gasteiger partial charge is 0.464 e. The van der Waals surface area contributed by atoms with E-state index < -0.39 is 29.5 Å². The molecule has 2 aliphatic heterocycles. The molecule has 8 heteroatoms. The van der Waals surface area contributed by atoms with Gasteiger partial charge in [-0.25, -0.2) is 8.98 Å². The van der Waals surface area contributed by atoms with Crippen molar-refractivity contribution in [2.24, 2.45) is 0 Å². The summed E-state index contributed by atoms with van der Waals surface area (Å²) in [6.07, 6.45) is -1.86. The zero-order valence-electron chi connectivity index (χ0n) is 10.6. The molecule has 108 valence electrons. The Bertz CT molecular complexity index is 559. The molecular formula is C12H12O7S. The molecule has 7 nitrogen and oxygen atoms in total. The van der Waals surface area contributed by atoms with Crippen LogP contribution >= 0.6 is 0 Å². The molecule has 2 aliphatic rings. The predicted molar refractivity (Wildman–Crippen MR) is 66.0 cm³/mol. The summed E-state index contributed by atoms with van der Waals surface area (Å²) in [6.45, 7) is 2.04. The highest BCUT2D eigenvalue weighted by Gasteiger charge is 2.43. The summed E-state index contributed by atoms with van der Waals surface area (Å²) >= 11 is -1.98. The molecule has 1 fully saturated rings. The fourth-order valence-corrected chi connectivity index (χ4v) is 2.78. The molecule has 3 atom stereocenters. The average Bonchev–Trinajstić information content (AvgIpc) is 3.04. The van der Waals surface area contributed by atoms with Crippen molar-refractivity contribution in [3.05, 3.63) is 23.8 Å². The van der Waals surface area contributed by atoms with E-state index in [9.17, 15) is 9.00 Å². The first-order valence-electron chi connectivity index (χ1n) is 6.01. The van der Waals surface area contributed by atoms with Crippen LogP contribution in [0.3, 0.4) is 0 Å². The van der Waals surface area contributed by atoms with Gasteiger partial charge in [0.1, 0.15) is 6.10 Å². The number of esters is 1. The topological polar surface area (TPSA) is 80.3 Å². The molecule has 3 rings (SSSR count). The van der Waals surface area contributed by atoms with Gasteiger partial charge in [0.05, 0.1) is 6.61 Å². The van der Waals surface area contributed by atoms with E-state index in [0.717, 1.165) is 0 Å². The van der Waals surface area contributed by atoms with Gasteiger partial charge >= 0.3 is 17.3 Å². The Morgan fingerprint density at radius 3 is 2.95 bits per heavy atom. The molecule has 1 saturated heterocycles. The van der Waals surface area contributed by atoms with Gasteiger partial charge in [-0.05, 0) is 24.6 Å². The molecule has 1 aromatic carbocycles. The summed E-state index contributed by atoms with van der Waals surface area (Å²) in [6, 6.07) is 5.08. The number of hydrogen-bond acceptors (Lipinski definition) is 7. The van der Waals surface area contributed by atoms with Crippen LogP contribution in [0.25, 0.3) is 0 Å². The zero-order chi connectivity index (χ0) is 14.1. The van der Waals surface area contributed by atoms with Gasteiger partial charge in [-0.3, -0.25) is 4.18 Å². The molecule has 0 spiro atoms. The van der Waals surface area contributed by atoms with Crippen LogP contribution in [0.15, 0.2) is 18.2 Å². The number of carbonyl (C=O) groups is 1. The number of fused-ring (bicyclic) bond motifs is 1. The summed E-state index contributed by atoms with van der Waals surface area (Å²) in [5.74, 6) is 0.550. The fourth-order valence-electron chi connectivity index (χ4n) is 2.00. The van der Waals surface area contributed by atoms with Crippen molar-refractivity contribution in [3.8, 4) is 11.5 Å². The van der Waals surface area contributed by atoms with E-state index >= 15 is 0 Å². The first kappa shape index (κ1) is 13.3. The lowest BCUT2D eigenvalue weighted by molar-refractivity contribution is -0.152. The zero-order valence-corrected chi connectivity index (χ0v) is 11.4. The Morgan fingerprint density at radius 2 is 2.15 bits per heavy atom. The summed E-state index contributed by atoms with van der Waals surface area (Å²) in [7, 11) is 0. The van der Waals surface area contributed by atoms with E-state index in [1.807, 2.05) is 0 Å². The highest BCUT2D eigenvalue weighted by molar-refractivity contribution is 7.75. The minimum atomic E-state index is -1.98. The van der Waals surface area contributed by atoms with E-state index in [0.29, 0.717) is 17.1 Å². The summed E-state index contributed by atoms with van der Waals surface area (Å²) in [5, 5.41) is 0. The molecule has 2 heterocycles. The normalized spacial score (nSPS) is 27.6. The van der Waals surface area contributed by atoms with Crippen LogP contribution < -0.4 is 9.47 Å². The smallest absolute Gasteiger partial charge is 0.339 e. The lowest BCUT2D eigenvalue weighted by Crippen LogP contribution is -2.28. The molecule has 0 aliphatic carbocycles. The summed E-state index contributed by atoms with van der Waals surface area (Å²) < 4.78 is 36.8. The number of carbonyl (C=O) groups excluding carboxylic acids is 1. The van der Waals surface area contributed by atoms with Crippen molar-refractivity contribution in [2.45, 2.75) is 19.1 Å². The van der Waals surface area contributed by atoms with Crippen molar-refractivity contribution in [1.29, 1.82) is 0 Å². The van der Waals surface area contributed by atoms with Crippen LogP contribution in [0.2, 0.25) is 0 Å².